The number of nitrogens with two attached hydrogens (primary N) is 1. The van der Waals surface area contributed by atoms with Crippen LogP contribution in [0.5, 0.6) is 0 Å². The highest BCUT2D eigenvalue weighted by molar-refractivity contribution is 7.99. The van der Waals surface area contributed by atoms with Crippen LogP contribution >= 0.6 is 23.1 Å². The van der Waals surface area contributed by atoms with E-state index in [0.29, 0.717) is 22.5 Å². The van der Waals surface area contributed by atoms with Crippen molar-refractivity contribution in [3.8, 4) is 0 Å². The lowest BCUT2D eigenvalue weighted by Crippen LogP contribution is -2.24. The summed E-state index contributed by atoms with van der Waals surface area (Å²) in [6.45, 7) is 8.13. The van der Waals surface area contributed by atoms with Gasteiger partial charge in [0.1, 0.15) is 5.00 Å². The number of hydrogen-bond acceptors (Lipinski definition) is 5. The van der Waals surface area contributed by atoms with Gasteiger partial charge in [-0.1, -0.05) is 20.8 Å². The van der Waals surface area contributed by atoms with E-state index in [0.717, 1.165) is 16.3 Å². The highest BCUT2D eigenvalue weighted by Gasteiger charge is 2.20. The molecule has 1 rings (SSSR count). The molecule has 0 fully saturated rings. The lowest BCUT2D eigenvalue weighted by Gasteiger charge is -2.21. The van der Waals surface area contributed by atoms with E-state index < -0.39 is 0 Å². The molecule has 1 aromatic heterocycles. The Kier molecular flexibility index (Phi) is 5.53. The Hall–Kier alpha value is -0.680. The van der Waals surface area contributed by atoms with E-state index in [-0.39, 0.29) is 5.78 Å². The van der Waals surface area contributed by atoms with Crippen molar-refractivity contribution in [2.75, 3.05) is 17.3 Å². The molecule has 3 N–H and O–H groups in total. The van der Waals surface area contributed by atoms with Crippen molar-refractivity contribution < 1.29 is 4.79 Å². The van der Waals surface area contributed by atoms with E-state index in [9.17, 15) is 4.79 Å². The average molecular weight is 286 g/mol. The fourth-order valence-corrected chi connectivity index (χ4v) is 3.88. The summed E-state index contributed by atoms with van der Waals surface area (Å²) in [5.41, 5.74) is 6.66. The molecule has 0 aliphatic heterocycles. The number of ketones is 1. The number of nitrogen functional groups attached to an aromatic ring is 1. The maximum atomic E-state index is 11.5. The van der Waals surface area contributed by atoms with Crippen LogP contribution in [0.4, 0.5) is 10.7 Å². The summed E-state index contributed by atoms with van der Waals surface area (Å²) < 4.78 is 0. The van der Waals surface area contributed by atoms with Gasteiger partial charge in [-0.3, -0.25) is 4.79 Å². The molecule has 102 valence electrons. The highest BCUT2D eigenvalue weighted by Crippen LogP contribution is 2.42. The second kappa shape index (κ2) is 6.48. The van der Waals surface area contributed by atoms with Crippen molar-refractivity contribution >= 4 is 39.6 Å². The van der Waals surface area contributed by atoms with Gasteiger partial charge in [-0.15, -0.1) is 23.1 Å². The molecule has 0 spiro atoms. The van der Waals surface area contributed by atoms with Crippen molar-refractivity contribution in [1.29, 1.82) is 0 Å². The monoisotopic (exact) mass is 286 g/mol. The lowest BCUT2D eigenvalue weighted by molar-refractivity contribution is 0.102. The zero-order chi connectivity index (χ0) is 13.9. The molecule has 5 heteroatoms. The Balaban J connectivity index is 3.08. The SMILES string of the molecule is CCC(Nc1sc(C(C)=O)c(N)c1SC)C(C)C. The molecule has 3 nitrogen and oxygen atoms in total. The van der Waals surface area contributed by atoms with Crippen LogP contribution in [-0.2, 0) is 0 Å². The van der Waals surface area contributed by atoms with Crippen LogP contribution in [0.3, 0.4) is 0 Å². The topological polar surface area (TPSA) is 55.1 Å². The lowest BCUT2D eigenvalue weighted by atomic mass is 10.0. The van der Waals surface area contributed by atoms with Crippen LogP contribution in [0.1, 0.15) is 43.8 Å². The summed E-state index contributed by atoms with van der Waals surface area (Å²) in [4.78, 5) is 13.2. The van der Waals surface area contributed by atoms with Gasteiger partial charge in [0.15, 0.2) is 5.78 Å². The van der Waals surface area contributed by atoms with E-state index in [2.05, 4.69) is 26.1 Å². The van der Waals surface area contributed by atoms with Crippen LogP contribution in [0.15, 0.2) is 4.90 Å². The molecular weight excluding hydrogens is 264 g/mol. The second-order valence-corrected chi connectivity index (χ2v) is 6.50. The van der Waals surface area contributed by atoms with Crippen LogP contribution in [-0.4, -0.2) is 18.1 Å². The van der Waals surface area contributed by atoms with Crippen molar-refractivity contribution in [2.24, 2.45) is 5.92 Å². The first-order valence-electron chi connectivity index (χ1n) is 6.16. The molecule has 1 atom stereocenters. The smallest absolute Gasteiger partial charge is 0.171 e. The van der Waals surface area contributed by atoms with Crippen molar-refractivity contribution in [1.82, 2.24) is 0 Å². The second-order valence-electron chi connectivity index (χ2n) is 4.67. The zero-order valence-corrected chi connectivity index (χ0v) is 13.3. The van der Waals surface area contributed by atoms with Gasteiger partial charge in [0, 0.05) is 13.0 Å². The van der Waals surface area contributed by atoms with E-state index in [4.69, 9.17) is 5.73 Å². The molecule has 0 radical (unpaired) electrons. The number of carbonyl (C=O) groups is 1. The number of thioether (sulfide) groups is 1. The van der Waals surface area contributed by atoms with Gasteiger partial charge in [-0.2, -0.15) is 0 Å². The molecule has 1 heterocycles. The van der Waals surface area contributed by atoms with Gasteiger partial charge in [0.25, 0.3) is 0 Å². The van der Waals surface area contributed by atoms with E-state index in [1.165, 1.54) is 11.3 Å². The standard InChI is InChI=1S/C13H22N2OS2/c1-6-9(7(2)3)15-13-12(17-5)10(14)11(18-13)8(4)16/h7,9,15H,6,14H2,1-5H3. The van der Waals surface area contributed by atoms with Crippen LogP contribution in [0.2, 0.25) is 0 Å². The van der Waals surface area contributed by atoms with Gasteiger partial charge in [-0.05, 0) is 18.6 Å². The van der Waals surface area contributed by atoms with Crippen molar-refractivity contribution in [3.63, 3.8) is 0 Å². The number of rotatable bonds is 6. The average Bonchev–Trinajstić information content (AvgIpc) is 2.62. The third-order valence-corrected chi connectivity index (χ3v) is 5.18. The van der Waals surface area contributed by atoms with Gasteiger partial charge in [0.05, 0.1) is 15.5 Å². The molecule has 0 amide bonds. The Labute approximate surface area is 118 Å². The minimum Gasteiger partial charge on any atom is -0.396 e. The van der Waals surface area contributed by atoms with Crippen LogP contribution in [0, 0.1) is 5.92 Å². The fourth-order valence-electron chi connectivity index (χ4n) is 1.90. The molecule has 1 aromatic rings. The van der Waals surface area contributed by atoms with E-state index in [1.807, 2.05) is 6.26 Å². The van der Waals surface area contributed by atoms with Crippen molar-refractivity contribution in [2.45, 2.75) is 45.1 Å². The third-order valence-electron chi connectivity index (χ3n) is 2.98. The summed E-state index contributed by atoms with van der Waals surface area (Å²) in [6.07, 6.45) is 3.04. The molecule has 0 saturated heterocycles. The third kappa shape index (κ3) is 3.20. The normalized spacial score (nSPS) is 12.8. The first kappa shape index (κ1) is 15.4. The summed E-state index contributed by atoms with van der Waals surface area (Å²) in [6, 6.07) is 0.411. The minimum atomic E-state index is 0.0402. The minimum absolute atomic E-state index is 0.0402. The van der Waals surface area contributed by atoms with E-state index in [1.54, 1.807) is 18.7 Å². The Bertz CT molecular complexity index is 427. The summed E-state index contributed by atoms with van der Waals surface area (Å²) in [7, 11) is 0. The number of hydrogen-bond donors (Lipinski definition) is 2. The molecule has 0 bridgehead atoms. The molecule has 0 saturated carbocycles. The Morgan fingerprint density at radius 3 is 2.50 bits per heavy atom. The maximum Gasteiger partial charge on any atom is 0.171 e. The van der Waals surface area contributed by atoms with Crippen LogP contribution in [0.25, 0.3) is 0 Å². The van der Waals surface area contributed by atoms with Gasteiger partial charge >= 0.3 is 0 Å². The number of Topliss-reactive ketones (excluding diaryl/α,β-unsaturated/α-hetero) is 1. The quantitative estimate of drug-likeness (QED) is 0.610. The molecule has 0 aliphatic rings. The predicted molar refractivity (Wildman–Crippen MR) is 83.1 cm³/mol. The van der Waals surface area contributed by atoms with Gasteiger partial charge < -0.3 is 11.1 Å². The predicted octanol–water partition coefficient (Wildman–Crippen LogP) is 4.10. The van der Waals surface area contributed by atoms with Crippen LogP contribution < -0.4 is 11.1 Å². The maximum absolute atomic E-state index is 11.5. The summed E-state index contributed by atoms with van der Waals surface area (Å²) in [5, 5.41) is 4.56. The van der Waals surface area contributed by atoms with Gasteiger partial charge in [-0.25, -0.2) is 0 Å². The first-order valence-corrected chi connectivity index (χ1v) is 8.20. The van der Waals surface area contributed by atoms with E-state index >= 15 is 0 Å². The number of carbonyl (C=O) groups excluding carboxylic acids is 1. The first-order chi connectivity index (χ1) is 8.42. The largest absolute Gasteiger partial charge is 0.396 e. The molecular formula is C13H22N2OS2. The molecule has 18 heavy (non-hydrogen) atoms. The number of nitrogens with one attached hydrogen (secondary N) is 1. The molecule has 0 aromatic carbocycles. The molecule has 1 unspecified atom stereocenters. The zero-order valence-electron chi connectivity index (χ0n) is 11.7. The molecule has 0 aliphatic carbocycles. The Morgan fingerprint density at radius 1 is 1.50 bits per heavy atom. The summed E-state index contributed by atoms with van der Waals surface area (Å²) >= 11 is 3.07. The number of anilines is 2. The fraction of sp³-hybridized carbons (Fsp3) is 0.615. The summed E-state index contributed by atoms with van der Waals surface area (Å²) in [5.74, 6) is 0.590. The Morgan fingerprint density at radius 2 is 2.11 bits per heavy atom. The van der Waals surface area contributed by atoms with Crippen molar-refractivity contribution in [3.05, 3.63) is 4.88 Å². The van der Waals surface area contributed by atoms with Gasteiger partial charge in [0.2, 0.25) is 0 Å². The highest BCUT2D eigenvalue weighted by atomic mass is 32.2. The number of thiophene rings is 1.